The van der Waals surface area contributed by atoms with E-state index in [1.807, 2.05) is 24.3 Å². The van der Waals surface area contributed by atoms with E-state index in [0.717, 1.165) is 9.32 Å². The smallest absolute Gasteiger partial charge is 0.178 e. The molecule has 17 heavy (non-hydrogen) atoms. The minimum Gasteiger partial charge on any atom is -0.456 e. The third kappa shape index (κ3) is 3.26. The van der Waals surface area contributed by atoms with Crippen LogP contribution in [0.15, 0.2) is 42.6 Å². The molecule has 0 amide bonds. The van der Waals surface area contributed by atoms with Crippen LogP contribution in [0.3, 0.4) is 0 Å². The summed E-state index contributed by atoms with van der Waals surface area (Å²) in [7, 11) is 0. The van der Waals surface area contributed by atoms with E-state index in [1.54, 1.807) is 18.3 Å². The molecule has 1 aromatic carbocycles. The molecular formula is C13H10INO2. The first-order valence-corrected chi connectivity index (χ1v) is 6.13. The third-order valence-corrected chi connectivity index (χ3v) is 2.87. The molecule has 0 fully saturated rings. The van der Waals surface area contributed by atoms with Crippen molar-refractivity contribution < 1.29 is 9.53 Å². The highest BCUT2D eigenvalue weighted by Gasteiger charge is 2.02. The second kappa shape index (κ2) is 5.27. The number of halogens is 1. The summed E-state index contributed by atoms with van der Waals surface area (Å²) in [6.07, 6.45) is 1.55. The van der Waals surface area contributed by atoms with Crippen molar-refractivity contribution in [3.63, 3.8) is 0 Å². The summed E-state index contributed by atoms with van der Waals surface area (Å²) in [6.45, 7) is 1.49. The van der Waals surface area contributed by atoms with E-state index in [0.29, 0.717) is 11.4 Å². The Morgan fingerprint density at radius 2 is 1.76 bits per heavy atom. The van der Waals surface area contributed by atoms with Crippen molar-refractivity contribution in [1.29, 1.82) is 0 Å². The Kier molecular flexibility index (Phi) is 3.73. The number of rotatable bonds is 3. The standard InChI is InChI=1S/C13H10INO2/c1-9(16)13-7-6-12(8-15-13)17-11-4-2-10(14)3-5-11/h2-8H,1H3. The maximum absolute atomic E-state index is 11.0. The lowest BCUT2D eigenvalue weighted by Gasteiger charge is -2.05. The molecule has 0 saturated carbocycles. The van der Waals surface area contributed by atoms with Crippen LogP contribution in [0.1, 0.15) is 17.4 Å². The number of benzene rings is 1. The molecule has 2 rings (SSSR count). The van der Waals surface area contributed by atoms with Crippen LogP contribution < -0.4 is 4.74 Å². The summed E-state index contributed by atoms with van der Waals surface area (Å²) >= 11 is 2.23. The first-order valence-electron chi connectivity index (χ1n) is 5.05. The van der Waals surface area contributed by atoms with Gasteiger partial charge in [-0.15, -0.1) is 0 Å². The van der Waals surface area contributed by atoms with Crippen LogP contribution in [0.2, 0.25) is 0 Å². The van der Waals surface area contributed by atoms with Gasteiger partial charge in [0.1, 0.15) is 17.2 Å². The lowest BCUT2D eigenvalue weighted by Crippen LogP contribution is -1.95. The summed E-state index contributed by atoms with van der Waals surface area (Å²) in [5, 5.41) is 0. The average molecular weight is 339 g/mol. The molecule has 1 heterocycles. The molecule has 0 N–H and O–H groups in total. The van der Waals surface area contributed by atoms with Crippen LogP contribution in [-0.2, 0) is 0 Å². The molecule has 1 aromatic heterocycles. The van der Waals surface area contributed by atoms with Gasteiger partial charge < -0.3 is 4.74 Å². The monoisotopic (exact) mass is 339 g/mol. The minimum atomic E-state index is -0.0502. The first-order chi connectivity index (χ1) is 8.15. The third-order valence-electron chi connectivity index (χ3n) is 2.15. The molecule has 3 nitrogen and oxygen atoms in total. The maximum Gasteiger partial charge on any atom is 0.178 e. The van der Waals surface area contributed by atoms with Gasteiger partial charge >= 0.3 is 0 Å². The maximum atomic E-state index is 11.0. The lowest BCUT2D eigenvalue weighted by molar-refractivity contribution is 0.101. The van der Waals surface area contributed by atoms with Gasteiger partial charge in [-0.1, -0.05) is 0 Å². The fourth-order valence-electron chi connectivity index (χ4n) is 1.29. The molecule has 4 heteroatoms. The molecule has 0 aliphatic rings. The van der Waals surface area contributed by atoms with Crippen LogP contribution in [0.25, 0.3) is 0 Å². The van der Waals surface area contributed by atoms with Gasteiger partial charge in [0.15, 0.2) is 5.78 Å². The Morgan fingerprint density at radius 3 is 2.29 bits per heavy atom. The van der Waals surface area contributed by atoms with E-state index in [1.165, 1.54) is 6.92 Å². The van der Waals surface area contributed by atoms with Gasteiger partial charge in [-0.3, -0.25) is 4.79 Å². The van der Waals surface area contributed by atoms with Gasteiger partial charge in [0.2, 0.25) is 0 Å². The highest BCUT2D eigenvalue weighted by atomic mass is 127. The molecule has 0 bridgehead atoms. The molecule has 0 spiro atoms. The van der Waals surface area contributed by atoms with Gasteiger partial charge in [0, 0.05) is 10.5 Å². The quantitative estimate of drug-likeness (QED) is 0.633. The SMILES string of the molecule is CC(=O)c1ccc(Oc2ccc(I)cc2)cn1. The number of ether oxygens (including phenoxy) is 1. The number of ketones is 1. The number of aromatic nitrogens is 1. The molecular weight excluding hydrogens is 329 g/mol. The van der Waals surface area contributed by atoms with E-state index in [-0.39, 0.29) is 5.78 Å². The predicted octanol–water partition coefficient (Wildman–Crippen LogP) is 3.68. The fraction of sp³-hybridized carbons (Fsp3) is 0.0769. The Morgan fingerprint density at radius 1 is 1.12 bits per heavy atom. The number of nitrogens with zero attached hydrogens (tertiary/aromatic N) is 1. The van der Waals surface area contributed by atoms with Crippen LogP contribution in [0.4, 0.5) is 0 Å². The van der Waals surface area contributed by atoms with Crippen LogP contribution in [-0.4, -0.2) is 10.8 Å². The van der Waals surface area contributed by atoms with Crippen molar-refractivity contribution in [1.82, 2.24) is 4.98 Å². The van der Waals surface area contributed by atoms with Crippen LogP contribution in [0.5, 0.6) is 11.5 Å². The van der Waals surface area contributed by atoms with Gasteiger partial charge in [0.25, 0.3) is 0 Å². The number of carbonyl (C=O) groups is 1. The highest BCUT2D eigenvalue weighted by Crippen LogP contribution is 2.21. The van der Waals surface area contributed by atoms with Crippen molar-refractivity contribution in [2.45, 2.75) is 6.92 Å². The van der Waals surface area contributed by atoms with Gasteiger partial charge in [0.05, 0.1) is 6.20 Å². The Bertz CT molecular complexity index is 520. The normalized spacial score (nSPS) is 10.0. The van der Waals surface area contributed by atoms with E-state index >= 15 is 0 Å². The summed E-state index contributed by atoms with van der Waals surface area (Å²) < 4.78 is 6.74. The van der Waals surface area contributed by atoms with Crippen molar-refractivity contribution in [3.05, 3.63) is 51.9 Å². The molecule has 0 saturated heterocycles. The zero-order chi connectivity index (χ0) is 12.3. The topological polar surface area (TPSA) is 39.2 Å². The summed E-state index contributed by atoms with van der Waals surface area (Å²) in [5.74, 6) is 1.32. The van der Waals surface area contributed by atoms with E-state index in [2.05, 4.69) is 27.6 Å². The lowest BCUT2D eigenvalue weighted by atomic mass is 10.3. The predicted molar refractivity (Wildman–Crippen MR) is 73.5 cm³/mol. The van der Waals surface area contributed by atoms with E-state index in [4.69, 9.17) is 4.74 Å². The van der Waals surface area contributed by atoms with Gasteiger partial charge in [-0.05, 0) is 59.0 Å². The first kappa shape index (κ1) is 12.0. The largest absolute Gasteiger partial charge is 0.456 e. The zero-order valence-corrected chi connectivity index (χ0v) is 11.3. The molecule has 0 radical (unpaired) electrons. The zero-order valence-electron chi connectivity index (χ0n) is 9.18. The van der Waals surface area contributed by atoms with Crippen molar-refractivity contribution in [2.24, 2.45) is 0 Å². The molecule has 0 unspecified atom stereocenters. The number of hydrogen-bond acceptors (Lipinski definition) is 3. The molecule has 86 valence electrons. The summed E-state index contributed by atoms with van der Waals surface area (Å²) in [4.78, 5) is 15.1. The van der Waals surface area contributed by atoms with Gasteiger partial charge in [-0.2, -0.15) is 0 Å². The molecule has 0 atom stereocenters. The number of carbonyl (C=O) groups excluding carboxylic acids is 1. The Labute approximate surface area is 113 Å². The van der Waals surface area contributed by atoms with Crippen molar-refractivity contribution >= 4 is 28.4 Å². The molecule has 0 aliphatic heterocycles. The van der Waals surface area contributed by atoms with Crippen molar-refractivity contribution in [3.8, 4) is 11.5 Å². The van der Waals surface area contributed by atoms with E-state index in [9.17, 15) is 4.79 Å². The minimum absolute atomic E-state index is 0.0502. The number of hydrogen-bond donors (Lipinski definition) is 0. The average Bonchev–Trinajstić information content (AvgIpc) is 2.33. The van der Waals surface area contributed by atoms with Crippen LogP contribution >= 0.6 is 22.6 Å². The molecule has 2 aromatic rings. The van der Waals surface area contributed by atoms with Crippen LogP contribution in [0, 0.1) is 3.57 Å². The Hall–Kier alpha value is -1.43. The fourth-order valence-corrected chi connectivity index (χ4v) is 1.65. The number of pyridine rings is 1. The summed E-state index contributed by atoms with van der Waals surface area (Å²) in [5.41, 5.74) is 0.444. The van der Waals surface area contributed by atoms with Gasteiger partial charge in [-0.25, -0.2) is 4.98 Å². The van der Waals surface area contributed by atoms with Crippen molar-refractivity contribution in [2.75, 3.05) is 0 Å². The number of Topliss-reactive ketones (excluding diaryl/α,β-unsaturated/α-hetero) is 1. The van der Waals surface area contributed by atoms with E-state index < -0.39 is 0 Å². The second-order valence-corrected chi connectivity index (χ2v) is 4.74. The highest BCUT2D eigenvalue weighted by molar-refractivity contribution is 14.1. The second-order valence-electron chi connectivity index (χ2n) is 3.49. The Balaban J connectivity index is 2.13. The molecule has 0 aliphatic carbocycles. The summed E-state index contributed by atoms with van der Waals surface area (Å²) in [6, 6.07) is 11.1.